The molecule has 44 valence electrons. The third-order valence-corrected chi connectivity index (χ3v) is 1.47. The van der Waals surface area contributed by atoms with Crippen LogP contribution in [0.3, 0.4) is 0 Å². The Bertz CT molecular complexity index is 112. The molecular weight excluding hydrogens is 120 g/mol. The van der Waals surface area contributed by atoms with Gasteiger partial charge in [-0.05, 0) is 6.92 Å². The topological polar surface area (TPSA) is 17.1 Å². The summed E-state index contributed by atoms with van der Waals surface area (Å²) in [5, 5.41) is 0. The summed E-state index contributed by atoms with van der Waals surface area (Å²) in [7, 11) is 0. The van der Waals surface area contributed by atoms with E-state index in [9.17, 15) is 4.79 Å². The monoisotopic (exact) mass is 128 g/mol. The van der Waals surface area contributed by atoms with Crippen molar-refractivity contribution < 1.29 is 4.79 Å². The number of carbonyl (C=O) groups is 1. The van der Waals surface area contributed by atoms with Gasteiger partial charge in [-0.3, -0.25) is 4.79 Å². The molecule has 8 heavy (non-hydrogen) atoms. The van der Waals surface area contributed by atoms with Crippen LogP contribution in [0.5, 0.6) is 0 Å². The molecule has 0 radical (unpaired) electrons. The first-order valence-electron chi connectivity index (χ1n) is 2.28. The lowest BCUT2D eigenvalue weighted by molar-refractivity contribution is -0.114. The largest absolute Gasteiger partial charge is 0.299 e. The van der Waals surface area contributed by atoms with Gasteiger partial charge < -0.3 is 0 Å². The average Bonchev–Trinajstić information content (AvgIpc) is 1.66. The van der Waals surface area contributed by atoms with Crippen LogP contribution in [0.25, 0.3) is 0 Å². The molecule has 1 nitrogen and oxygen atoms in total. The Morgan fingerprint density at radius 3 is 2.88 bits per heavy atom. The second-order valence-corrected chi connectivity index (χ2v) is 2.38. The lowest BCUT2D eigenvalue weighted by Crippen LogP contribution is -1.92. The number of hydrogen-bond donors (Lipinski definition) is 0. The minimum atomic E-state index is 0.185. The molecule has 0 saturated heterocycles. The molecule has 0 heterocycles. The fourth-order valence-corrected chi connectivity index (χ4v) is 0.761. The van der Waals surface area contributed by atoms with E-state index in [2.05, 4.69) is 5.92 Å². The molecule has 0 aliphatic carbocycles. The van der Waals surface area contributed by atoms with E-state index in [4.69, 9.17) is 6.42 Å². The van der Waals surface area contributed by atoms with E-state index >= 15 is 0 Å². The van der Waals surface area contributed by atoms with Crippen molar-refractivity contribution in [1.82, 2.24) is 0 Å². The minimum absolute atomic E-state index is 0.185. The molecule has 0 fully saturated rings. The molecule has 0 aromatic heterocycles. The highest BCUT2D eigenvalue weighted by Gasteiger charge is 1.88. The van der Waals surface area contributed by atoms with Gasteiger partial charge in [0, 0.05) is 0 Å². The second-order valence-electron chi connectivity index (χ2n) is 1.40. The van der Waals surface area contributed by atoms with Gasteiger partial charge in [0.25, 0.3) is 0 Å². The van der Waals surface area contributed by atoms with Crippen molar-refractivity contribution in [2.75, 3.05) is 11.5 Å². The Hall–Kier alpha value is -0.420. The molecule has 0 N–H and O–H groups in total. The van der Waals surface area contributed by atoms with Gasteiger partial charge >= 0.3 is 0 Å². The van der Waals surface area contributed by atoms with Gasteiger partial charge in [0.05, 0.1) is 11.5 Å². The number of carbonyl (C=O) groups excluding carboxylic acids is 1. The van der Waals surface area contributed by atoms with E-state index < -0.39 is 0 Å². The first-order chi connectivity index (χ1) is 3.77. The second kappa shape index (κ2) is 4.73. The van der Waals surface area contributed by atoms with Crippen molar-refractivity contribution >= 4 is 17.5 Å². The highest BCUT2D eigenvalue weighted by Crippen LogP contribution is 1.96. The SMILES string of the molecule is C#CCSCC(C)=O. The number of ketones is 1. The van der Waals surface area contributed by atoms with Crippen molar-refractivity contribution in [3.05, 3.63) is 0 Å². The van der Waals surface area contributed by atoms with Crippen LogP contribution < -0.4 is 0 Å². The van der Waals surface area contributed by atoms with Gasteiger partial charge in [0.15, 0.2) is 0 Å². The highest BCUT2D eigenvalue weighted by atomic mass is 32.2. The first kappa shape index (κ1) is 7.58. The first-order valence-corrected chi connectivity index (χ1v) is 3.43. The zero-order valence-corrected chi connectivity index (χ0v) is 5.62. The summed E-state index contributed by atoms with van der Waals surface area (Å²) in [6.45, 7) is 1.56. The number of hydrogen-bond acceptors (Lipinski definition) is 2. The highest BCUT2D eigenvalue weighted by molar-refractivity contribution is 8.00. The molecule has 0 unspecified atom stereocenters. The van der Waals surface area contributed by atoms with Crippen LogP contribution >= 0.6 is 11.8 Å². The predicted molar refractivity (Wildman–Crippen MR) is 36.8 cm³/mol. The standard InChI is InChI=1S/C6H8OS/c1-3-4-8-5-6(2)7/h1H,4-5H2,2H3. The van der Waals surface area contributed by atoms with Crippen LogP contribution in [0.4, 0.5) is 0 Å². The molecule has 0 rings (SSSR count). The minimum Gasteiger partial charge on any atom is -0.299 e. The molecule has 0 spiro atoms. The molecule has 0 atom stereocenters. The van der Waals surface area contributed by atoms with Gasteiger partial charge in [0.2, 0.25) is 0 Å². The molecule has 0 aliphatic rings. The predicted octanol–water partition coefficient (Wildman–Crippen LogP) is 0.942. The summed E-state index contributed by atoms with van der Waals surface area (Å²) < 4.78 is 0. The van der Waals surface area contributed by atoms with Gasteiger partial charge in [-0.15, -0.1) is 18.2 Å². The lowest BCUT2D eigenvalue weighted by Gasteiger charge is -1.87. The summed E-state index contributed by atoms with van der Waals surface area (Å²) >= 11 is 1.48. The van der Waals surface area contributed by atoms with Gasteiger partial charge in [-0.25, -0.2) is 0 Å². The third-order valence-electron chi connectivity index (χ3n) is 0.491. The normalized spacial score (nSPS) is 8.00. The maximum absolute atomic E-state index is 10.2. The molecule has 0 bridgehead atoms. The summed E-state index contributed by atoms with van der Waals surface area (Å²) in [4.78, 5) is 10.2. The van der Waals surface area contributed by atoms with Crippen molar-refractivity contribution in [1.29, 1.82) is 0 Å². The number of Topliss-reactive ketones (excluding diaryl/α,β-unsaturated/α-hetero) is 1. The number of thioether (sulfide) groups is 1. The van der Waals surface area contributed by atoms with E-state index in [1.54, 1.807) is 6.92 Å². The fraction of sp³-hybridized carbons (Fsp3) is 0.500. The van der Waals surface area contributed by atoms with E-state index in [-0.39, 0.29) is 5.78 Å². The van der Waals surface area contributed by atoms with Crippen LogP contribution in [0, 0.1) is 12.3 Å². The Morgan fingerprint density at radius 2 is 2.50 bits per heavy atom. The van der Waals surface area contributed by atoms with Crippen molar-refractivity contribution in [2.24, 2.45) is 0 Å². The fourth-order valence-electron chi connectivity index (χ4n) is 0.254. The van der Waals surface area contributed by atoms with Gasteiger partial charge in [0.1, 0.15) is 5.78 Å². The zero-order valence-electron chi connectivity index (χ0n) is 4.81. The van der Waals surface area contributed by atoms with Gasteiger partial charge in [-0.2, -0.15) is 0 Å². The van der Waals surface area contributed by atoms with E-state index in [0.29, 0.717) is 11.5 Å². The molecule has 0 amide bonds. The molecule has 0 saturated carbocycles. The van der Waals surface area contributed by atoms with Crippen LogP contribution in [-0.4, -0.2) is 17.3 Å². The Labute approximate surface area is 53.8 Å². The van der Waals surface area contributed by atoms with E-state index in [0.717, 1.165) is 0 Å². The van der Waals surface area contributed by atoms with Crippen LogP contribution in [0.15, 0.2) is 0 Å². The lowest BCUT2D eigenvalue weighted by atomic mass is 10.5. The van der Waals surface area contributed by atoms with Crippen molar-refractivity contribution in [3.8, 4) is 12.3 Å². The maximum Gasteiger partial charge on any atom is 0.139 e. The Balaban J connectivity index is 2.97. The Morgan fingerprint density at radius 1 is 1.88 bits per heavy atom. The third kappa shape index (κ3) is 5.58. The smallest absolute Gasteiger partial charge is 0.139 e. The summed E-state index contributed by atoms with van der Waals surface area (Å²) in [5.41, 5.74) is 0. The van der Waals surface area contributed by atoms with Gasteiger partial charge in [-0.1, -0.05) is 5.92 Å². The average molecular weight is 128 g/mol. The molecule has 0 aliphatic heterocycles. The molecule has 0 aromatic rings. The summed E-state index contributed by atoms with van der Waals surface area (Å²) in [6, 6.07) is 0. The molecule has 0 aromatic carbocycles. The number of terminal acetylenes is 1. The zero-order chi connectivity index (χ0) is 6.41. The summed E-state index contributed by atoms with van der Waals surface area (Å²) in [5.74, 6) is 3.80. The number of rotatable bonds is 3. The van der Waals surface area contributed by atoms with Crippen LogP contribution in [0.2, 0.25) is 0 Å². The maximum atomic E-state index is 10.2. The Kier molecular flexibility index (Phi) is 4.48. The van der Waals surface area contributed by atoms with E-state index in [1.165, 1.54) is 11.8 Å². The van der Waals surface area contributed by atoms with E-state index in [1.807, 2.05) is 0 Å². The molecule has 2 heteroatoms. The van der Waals surface area contributed by atoms with Crippen molar-refractivity contribution in [2.45, 2.75) is 6.92 Å². The van der Waals surface area contributed by atoms with Crippen LogP contribution in [-0.2, 0) is 4.79 Å². The van der Waals surface area contributed by atoms with Crippen molar-refractivity contribution in [3.63, 3.8) is 0 Å². The quantitative estimate of drug-likeness (QED) is 0.415. The molecular formula is C6H8OS. The van der Waals surface area contributed by atoms with Crippen LogP contribution in [0.1, 0.15) is 6.92 Å². The summed E-state index contributed by atoms with van der Waals surface area (Å²) in [6.07, 6.45) is 4.93.